The number of aromatic nitrogens is 2. The fourth-order valence-corrected chi connectivity index (χ4v) is 4.03. The number of nitrogens with one attached hydrogen (secondary N) is 1. The number of aryl methyl sites for hydroxylation is 1. The molecule has 0 bridgehead atoms. The average molecular weight is 404 g/mol. The third-order valence-electron chi connectivity index (χ3n) is 4.95. The van der Waals surface area contributed by atoms with E-state index in [2.05, 4.69) is 42.6 Å². The number of thioether (sulfide) groups is 1. The Morgan fingerprint density at radius 3 is 2.50 bits per heavy atom. The van der Waals surface area contributed by atoms with E-state index in [-0.39, 0.29) is 11.9 Å². The molecule has 0 aliphatic rings. The monoisotopic (exact) mass is 403 g/mol. The van der Waals surface area contributed by atoms with Crippen molar-refractivity contribution in [1.82, 2.24) is 14.9 Å². The number of amides is 1. The van der Waals surface area contributed by atoms with Gasteiger partial charge in [-0.25, -0.2) is 4.98 Å². The molecule has 1 unspecified atom stereocenters. The Hall–Kier alpha value is -1.95. The number of imidazole rings is 1. The summed E-state index contributed by atoms with van der Waals surface area (Å²) in [5, 5.41) is 4.12. The van der Waals surface area contributed by atoms with E-state index in [0.29, 0.717) is 11.7 Å². The Balaban J connectivity index is 2.02. The van der Waals surface area contributed by atoms with Crippen LogP contribution in [0.2, 0.25) is 0 Å². The molecule has 0 aliphatic carbocycles. The molecule has 0 spiro atoms. The van der Waals surface area contributed by atoms with Crippen molar-refractivity contribution in [2.24, 2.45) is 5.92 Å². The van der Waals surface area contributed by atoms with Gasteiger partial charge in [0, 0.05) is 12.2 Å². The third-order valence-corrected chi connectivity index (χ3v) is 5.92. The summed E-state index contributed by atoms with van der Waals surface area (Å²) in [6.45, 7) is 11.5. The van der Waals surface area contributed by atoms with Crippen molar-refractivity contribution in [3.8, 4) is 5.75 Å². The number of carbonyl (C=O) groups excluding carboxylic acids is 1. The topological polar surface area (TPSA) is 56.2 Å². The average Bonchev–Trinajstić information content (AvgIpc) is 2.96. The fraction of sp³-hybridized carbons (Fsp3) is 0.545. The summed E-state index contributed by atoms with van der Waals surface area (Å²) in [5.74, 6) is 1.50. The first kappa shape index (κ1) is 22.3. The number of rotatable bonds is 10. The number of hydrogen-bond acceptors (Lipinski definition) is 4. The summed E-state index contributed by atoms with van der Waals surface area (Å²) < 4.78 is 7.47. The highest BCUT2D eigenvalue weighted by atomic mass is 32.2. The van der Waals surface area contributed by atoms with Crippen LogP contribution in [-0.2, 0) is 11.3 Å². The van der Waals surface area contributed by atoms with Crippen LogP contribution in [0.5, 0.6) is 5.75 Å². The van der Waals surface area contributed by atoms with Gasteiger partial charge in [-0.2, -0.15) is 0 Å². The maximum atomic E-state index is 12.7. The second kappa shape index (κ2) is 10.6. The zero-order valence-corrected chi connectivity index (χ0v) is 18.7. The number of methoxy groups -OCH3 is 1. The molecule has 154 valence electrons. The molecule has 5 nitrogen and oxygen atoms in total. The van der Waals surface area contributed by atoms with Gasteiger partial charge in [0.15, 0.2) is 5.16 Å². The zero-order valence-electron chi connectivity index (χ0n) is 17.9. The number of unbranched alkanes of at least 4 members (excludes halogenated alkanes) is 1. The summed E-state index contributed by atoms with van der Waals surface area (Å²) in [5.41, 5.74) is 3.32. The first-order valence-corrected chi connectivity index (χ1v) is 11.0. The minimum absolute atomic E-state index is 0.0256. The van der Waals surface area contributed by atoms with Gasteiger partial charge in [0.2, 0.25) is 5.91 Å². The van der Waals surface area contributed by atoms with Gasteiger partial charge < -0.3 is 14.6 Å². The minimum Gasteiger partial charge on any atom is -0.497 e. The molecule has 1 atom stereocenters. The molecule has 0 radical (unpaired) electrons. The number of benzene rings is 1. The zero-order chi connectivity index (χ0) is 20.7. The molecule has 2 rings (SSSR count). The van der Waals surface area contributed by atoms with Crippen molar-refractivity contribution in [2.75, 3.05) is 12.9 Å². The molecule has 6 heteroatoms. The van der Waals surface area contributed by atoms with Gasteiger partial charge in [0.05, 0.1) is 24.6 Å². The molecule has 1 heterocycles. The van der Waals surface area contributed by atoms with Crippen molar-refractivity contribution in [3.63, 3.8) is 0 Å². The minimum atomic E-state index is -0.0256. The highest BCUT2D eigenvalue weighted by Crippen LogP contribution is 2.25. The molecule has 1 amide bonds. The van der Waals surface area contributed by atoms with Gasteiger partial charge in [-0.05, 0) is 43.9 Å². The van der Waals surface area contributed by atoms with Crippen LogP contribution in [0.4, 0.5) is 0 Å². The first-order chi connectivity index (χ1) is 13.4. The SMILES string of the molecule is CCCCn1c(SCC(=O)NC(c2ccc(OC)cc2)C(C)C)nc(C)c1C. The van der Waals surface area contributed by atoms with Gasteiger partial charge in [-0.1, -0.05) is 51.1 Å². The Morgan fingerprint density at radius 2 is 1.93 bits per heavy atom. The maximum Gasteiger partial charge on any atom is 0.230 e. The molecule has 0 saturated carbocycles. The van der Waals surface area contributed by atoms with Crippen LogP contribution in [0.15, 0.2) is 29.4 Å². The summed E-state index contributed by atoms with van der Waals surface area (Å²) in [6.07, 6.45) is 2.25. The summed E-state index contributed by atoms with van der Waals surface area (Å²) in [7, 11) is 1.65. The molecule has 0 saturated heterocycles. The Kier molecular flexibility index (Phi) is 8.42. The highest BCUT2D eigenvalue weighted by Gasteiger charge is 2.19. The second-order valence-corrected chi connectivity index (χ2v) is 8.36. The van der Waals surface area contributed by atoms with E-state index in [1.165, 1.54) is 17.5 Å². The van der Waals surface area contributed by atoms with Gasteiger partial charge in [-0.15, -0.1) is 0 Å². The van der Waals surface area contributed by atoms with Gasteiger partial charge in [0.25, 0.3) is 0 Å². The number of ether oxygens (including phenoxy) is 1. The van der Waals surface area contributed by atoms with Crippen LogP contribution in [0.1, 0.15) is 56.6 Å². The third kappa shape index (κ3) is 5.77. The summed E-state index contributed by atoms with van der Waals surface area (Å²) in [4.78, 5) is 17.3. The highest BCUT2D eigenvalue weighted by molar-refractivity contribution is 7.99. The lowest BCUT2D eigenvalue weighted by Crippen LogP contribution is -2.33. The van der Waals surface area contributed by atoms with Crippen molar-refractivity contribution in [2.45, 2.75) is 65.2 Å². The standard InChI is InChI=1S/C22H33N3O2S/c1-7-8-13-25-17(5)16(4)23-22(25)28-14-20(26)24-21(15(2)3)18-9-11-19(27-6)12-10-18/h9-12,15,21H,7-8,13-14H2,1-6H3,(H,24,26). The normalized spacial score (nSPS) is 12.2. The molecular formula is C22H33N3O2S. The van der Waals surface area contributed by atoms with Crippen molar-refractivity contribution in [1.29, 1.82) is 0 Å². The van der Waals surface area contributed by atoms with Crippen LogP contribution in [-0.4, -0.2) is 28.3 Å². The predicted octanol–water partition coefficient (Wildman–Crippen LogP) is 4.91. The molecule has 2 aromatic rings. The van der Waals surface area contributed by atoms with Crippen molar-refractivity contribution >= 4 is 17.7 Å². The molecule has 0 aliphatic heterocycles. The quantitative estimate of drug-likeness (QED) is 0.573. The summed E-state index contributed by atoms with van der Waals surface area (Å²) >= 11 is 1.52. The second-order valence-electron chi connectivity index (χ2n) is 7.42. The molecule has 1 aromatic carbocycles. The lowest BCUT2D eigenvalue weighted by Gasteiger charge is -2.23. The van der Waals surface area contributed by atoms with E-state index in [1.54, 1.807) is 7.11 Å². The van der Waals surface area contributed by atoms with Crippen LogP contribution >= 0.6 is 11.8 Å². The Morgan fingerprint density at radius 1 is 1.25 bits per heavy atom. The van der Waals surface area contributed by atoms with Crippen molar-refractivity contribution in [3.05, 3.63) is 41.2 Å². The Bertz CT molecular complexity index is 769. The van der Waals surface area contributed by atoms with Crippen LogP contribution < -0.4 is 10.1 Å². The maximum absolute atomic E-state index is 12.7. The van der Waals surface area contributed by atoms with Crippen molar-refractivity contribution < 1.29 is 9.53 Å². The number of carbonyl (C=O) groups is 1. The lowest BCUT2D eigenvalue weighted by atomic mass is 9.96. The van der Waals surface area contributed by atoms with E-state index in [9.17, 15) is 4.79 Å². The smallest absolute Gasteiger partial charge is 0.230 e. The molecule has 28 heavy (non-hydrogen) atoms. The molecule has 0 fully saturated rings. The fourth-order valence-electron chi connectivity index (χ4n) is 3.10. The van der Waals surface area contributed by atoms with Gasteiger partial charge in [0.1, 0.15) is 5.75 Å². The van der Waals surface area contributed by atoms with E-state index in [0.717, 1.165) is 41.5 Å². The van der Waals surface area contributed by atoms with Crippen LogP contribution in [0.3, 0.4) is 0 Å². The summed E-state index contributed by atoms with van der Waals surface area (Å²) in [6, 6.07) is 7.87. The van der Waals surface area contributed by atoms with Gasteiger partial charge in [-0.3, -0.25) is 4.79 Å². The lowest BCUT2D eigenvalue weighted by molar-refractivity contribution is -0.119. The molecule has 1 N–H and O–H groups in total. The Labute approximate surface area is 173 Å². The van der Waals surface area contributed by atoms with E-state index in [4.69, 9.17) is 4.74 Å². The van der Waals surface area contributed by atoms with Crippen LogP contribution in [0.25, 0.3) is 0 Å². The van der Waals surface area contributed by atoms with E-state index in [1.807, 2.05) is 31.2 Å². The predicted molar refractivity (Wildman–Crippen MR) is 116 cm³/mol. The first-order valence-electron chi connectivity index (χ1n) is 9.97. The van der Waals surface area contributed by atoms with Gasteiger partial charge >= 0.3 is 0 Å². The van der Waals surface area contributed by atoms with E-state index >= 15 is 0 Å². The van der Waals surface area contributed by atoms with E-state index < -0.39 is 0 Å². The molecular weight excluding hydrogens is 370 g/mol. The van der Waals surface area contributed by atoms with Crippen LogP contribution in [0, 0.1) is 19.8 Å². The largest absolute Gasteiger partial charge is 0.497 e. The number of nitrogens with zero attached hydrogens (tertiary/aromatic N) is 2. The number of hydrogen-bond donors (Lipinski definition) is 1. The molecule has 1 aromatic heterocycles.